The van der Waals surface area contributed by atoms with Gasteiger partial charge in [0.1, 0.15) is 0 Å². The van der Waals surface area contributed by atoms with E-state index in [-0.39, 0.29) is 5.91 Å². The standard InChI is InChI=1S/C20H24N4O/c1-15-3-2-4-17(22-15)13-24-10-7-20(14-24)11-18(12-20)23-19(25)16-5-8-21-9-6-16/h2-6,8-9,18H,7,10-14H2,1H3,(H,23,25). The SMILES string of the molecule is Cc1cccc(CN2CCC3(CC(NC(=O)c4ccncc4)C3)C2)n1. The summed E-state index contributed by atoms with van der Waals surface area (Å²) in [5.74, 6) is 0.0149. The van der Waals surface area contributed by atoms with Gasteiger partial charge in [0.2, 0.25) is 0 Å². The third-order valence-corrected chi connectivity index (χ3v) is 5.49. The zero-order chi connectivity index (χ0) is 17.3. The van der Waals surface area contributed by atoms with Gasteiger partial charge in [-0.05, 0) is 62.4 Å². The van der Waals surface area contributed by atoms with Crippen molar-refractivity contribution in [3.05, 3.63) is 59.7 Å². The molecule has 0 atom stereocenters. The average Bonchev–Trinajstić information content (AvgIpc) is 2.99. The Morgan fingerprint density at radius 1 is 1.28 bits per heavy atom. The molecule has 3 heterocycles. The Hall–Kier alpha value is -2.27. The summed E-state index contributed by atoms with van der Waals surface area (Å²) in [6.07, 6.45) is 6.71. The molecule has 130 valence electrons. The van der Waals surface area contributed by atoms with Gasteiger partial charge in [0.05, 0.1) is 5.69 Å². The van der Waals surface area contributed by atoms with E-state index in [9.17, 15) is 4.79 Å². The summed E-state index contributed by atoms with van der Waals surface area (Å²) in [5.41, 5.74) is 3.31. The first kappa shape index (κ1) is 16.2. The quantitative estimate of drug-likeness (QED) is 0.932. The lowest BCUT2D eigenvalue weighted by Crippen LogP contribution is -2.51. The second-order valence-corrected chi connectivity index (χ2v) is 7.55. The van der Waals surface area contributed by atoms with Crippen molar-refractivity contribution in [3.8, 4) is 0 Å². The van der Waals surface area contributed by atoms with Crippen LogP contribution in [0.25, 0.3) is 0 Å². The summed E-state index contributed by atoms with van der Waals surface area (Å²) in [4.78, 5) is 23.3. The molecule has 5 nitrogen and oxygen atoms in total. The second-order valence-electron chi connectivity index (χ2n) is 7.55. The van der Waals surface area contributed by atoms with E-state index < -0.39 is 0 Å². The minimum atomic E-state index is 0.0149. The van der Waals surface area contributed by atoms with E-state index in [1.54, 1.807) is 24.5 Å². The molecule has 1 spiro atoms. The molecule has 1 aliphatic heterocycles. The number of carbonyl (C=O) groups excluding carboxylic acids is 1. The van der Waals surface area contributed by atoms with E-state index in [0.29, 0.717) is 17.0 Å². The summed E-state index contributed by atoms with van der Waals surface area (Å²) in [6, 6.07) is 10.1. The van der Waals surface area contributed by atoms with Crippen molar-refractivity contribution in [1.82, 2.24) is 20.2 Å². The topological polar surface area (TPSA) is 58.1 Å². The van der Waals surface area contributed by atoms with Crippen LogP contribution in [0.4, 0.5) is 0 Å². The molecule has 1 N–H and O–H groups in total. The summed E-state index contributed by atoms with van der Waals surface area (Å²) in [5, 5.41) is 3.16. The second kappa shape index (κ2) is 6.56. The zero-order valence-electron chi connectivity index (χ0n) is 14.6. The lowest BCUT2D eigenvalue weighted by Gasteiger charge is -2.45. The maximum atomic E-state index is 12.2. The Kier molecular flexibility index (Phi) is 4.25. The lowest BCUT2D eigenvalue weighted by atomic mass is 9.65. The molecule has 0 bridgehead atoms. The Bertz CT molecular complexity index is 755. The van der Waals surface area contributed by atoms with Crippen LogP contribution in [0.3, 0.4) is 0 Å². The van der Waals surface area contributed by atoms with Crippen molar-refractivity contribution in [2.75, 3.05) is 13.1 Å². The van der Waals surface area contributed by atoms with Crippen LogP contribution >= 0.6 is 0 Å². The number of hydrogen-bond donors (Lipinski definition) is 1. The molecule has 2 aromatic rings. The van der Waals surface area contributed by atoms with E-state index in [2.05, 4.69) is 32.3 Å². The van der Waals surface area contributed by atoms with Gasteiger partial charge in [-0.3, -0.25) is 19.7 Å². The first-order chi connectivity index (χ1) is 12.1. The smallest absolute Gasteiger partial charge is 0.251 e. The summed E-state index contributed by atoms with van der Waals surface area (Å²) < 4.78 is 0. The molecule has 1 saturated heterocycles. The van der Waals surface area contributed by atoms with Gasteiger partial charge in [0.25, 0.3) is 5.91 Å². The molecule has 25 heavy (non-hydrogen) atoms. The van der Waals surface area contributed by atoms with Crippen LogP contribution in [0.1, 0.15) is 41.0 Å². The van der Waals surface area contributed by atoms with Crippen LogP contribution in [0.15, 0.2) is 42.7 Å². The highest BCUT2D eigenvalue weighted by atomic mass is 16.1. The summed E-state index contributed by atoms with van der Waals surface area (Å²) in [7, 11) is 0. The Balaban J connectivity index is 1.28. The lowest BCUT2D eigenvalue weighted by molar-refractivity contribution is 0.0693. The fourth-order valence-corrected chi connectivity index (χ4v) is 4.27. The predicted octanol–water partition coefficient (Wildman–Crippen LogP) is 2.57. The first-order valence-corrected chi connectivity index (χ1v) is 8.98. The van der Waals surface area contributed by atoms with Crippen molar-refractivity contribution in [2.24, 2.45) is 5.41 Å². The number of pyridine rings is 2. The van der Waals surface area contributed by atoms with Crippen molar-refractivity contribution >= 4 is 5.91 Å². The molecule has 1 saturated carbocycles. The molecule has 2 aliphatic rings. The maximum absolute atomic E-state index is 12.2. The van der Waals surface area contributed by atoms with Crippen molar-refractivity contribution < 1.29 is 4.79 Å². The number of aryl methyl sites for hydroxylation is 1. The van der Waals surface area contributed by atoms with Crippen LogP contribution in [0.2, 0.25) is 0 Å². The van der Waals surface area contributed by atoms with Gasteiger partial charge in [-0.2, -0.15) is 0 Å². The highest BCUT2D eigenvalue weighted by Crippen LogP contribution is 2.48. The van der Waals surface area contributed by atoms with Gasteiger partial charge < -0.3 is 5.32 Å². The molecule has 2 aromatic heterocycles. The number of carbonyl (C=O) groups is 1. The Labute approximate surface area is 148 Å². The molecule has 1 aliphatic carbocycles. The van der Waals surface area contributed by atoms with Gasteiger partial charge in [0.15, 0.2) is 0 Å². The van der Waals surface area contributed by atoms with Crippen LogP contribution in [-0.2, 0) is 6.54 Å². The van der Waals surface area contributed by atoms with Crippen LogP contribution in [0, 0.1) is 12.3 Å². The van der Waals surface area contributed by atoms with Crippen LogP contribution in [0.5, 0.6) is 0 Å². The number of likely N-dealkylation sites (tertiary alicyclic amines) is 1. The fraction of sp³-hybridized carbons (Fsp3) is 0.450. The van der Waals surface area contributed by atoms with E-state index in [1.807, 2.05) is 13.0 Å². The Morgan fingerprint density at radius 2 is 2.08 bits per heavy atom. The minimum Gasteiger partial charge on any atom is -0.349 e. The normalized spacial score (nSPS) is 25.7. The zero-order valence-corrected chi connectivity index (χ0v) is 14.6. The minimum absolute atomic E-state index is 0.0149. The fourth-order valence-electron chi connectivity index (χ4n) is 4.27. The van der Waals surface area contributed by atoms with Crippen molar-refractivity contribution in [3.63, 3.8) is 0 Å². The van der Waals surface area contributed by atoms with E-state index in [0.717, 1.165) is 43.9 Å². The monoisotopic (exact) mass is 336 g/mol. The van der Waals surface area contributed by atoms with Crippen molar-refractivity contribution in [2.45, 2.75) is 38.8 Å². The molecule has 5 heteroatoms. The number of nitrogens with one attached hydrogen (secondary N) is 1. The third-order valence-electron chi connectivity index (χ3n) is 5.49. The van der Waals surface area contributed by atoms with Crippen molar-refractivity contribution in [1.29, 1.82) is 0 Å². The molecule has 4 rings (SSSR count). The highest BCUT2D eigenvalue weighted by molar-refractivity contribution is 5.94. The molecule has 1 amide bonds. The molecule has 0 unspecified atom stereocenters. The molecule has 0 radical (unpaired) electrons. The van der Waals surface area contributed by atoms with Gasteiger partial charge in [-0.25, -0.2) is 0 Å². The number of aromatic nitrogens is 2. The molecule has 0 aromatic carbocycles. The average molecular weight is 336 g/mol. The van der Waals surface area contributed by atoms with Gasteiger partial charge in [0, 0.05) is 42.8 Å². The molecule has 2 fully saturated rings. The highest BCUT2D eigenvalue weighted by Gasteiger charge is 2.48. The number of amides is 1. The molecular weight excluding hydrogens is 312 g/mol. The van der Waals surface area contributed by atoms with Gasteiger partial charge in [-0.15, -0.1) is 0 Å². The van der Waals surface area contributed by atoms with Gasteiger partial charge >= 0.3 is 0 Å². The Morgan fingerprint density at radius 3 is 2.84 bits per heavy atom. The third kappa shape index (κ3) is 3.56. The van der Waals surface area contributed by atoms with E-state index >= 15 is 0 Å². The maximum Gasteiger partial charge on any atom is 0.251 e. The van der Waals surface area contributed by atoms with E-state index in [1.165, 1.54) is 6.42 Å². The number of nitrogens with zero attached hydrogens (tertiary/aromatic N) is 3. The number of rotatable bonds is 4. The predicted molar refractivity (Wildman–Crippen MR) is 96.0 cm³/mol. The van der Waals surface area contributed by atoms with Gasteiger partial charge in [-0.1, -0.05) is 6.07 Å². The van der Waals surface area contributed by atoms with E-state index in [4.69, 9.17) is 0 Å². The largest absolute Gasteiger partial charge is 0.349 e. The summed E-state index contributed by atoms with van der Waals surface area (Å²) in [6.45, 7) is 5.21. The summed E-state index contributed by atoms with van der Waals surface area (Å²) >= 11 is 0. The first-order valence-electron chi connectivity index (χ1n) is 8.98. The van der Waals surface area contributed by atoms with Crippen LogP contribution < -0.4 is 5.32 Å². The number of hydrogen-bond acceptors (Lipinski definition) is 4. The molecular formula is C20H24N4O. The van der Waals surface area contributed by atoms with Crippen LogP contribution in [-0.4, -0.2) is 39.9 Å².